The molecular formula is C26H52BrNS2. The van der Waals surface area contributed by atoms with E-state index in [1.807, 2.05) is 0 Å². The van der Waals surface area contributed by atoms with E-state index < -0.39 is 0 Å². The number of halogens is 1. The summed E-state index contributed by atoms with van der Waals surface area (Å²) in [5.74, 6) is 1.42. The summed E-state index contributed by atoms with van der Waals surface area (Å²) in [6.45, 7) is 6.62. The van der Waals surface area contributed by atoms with E-state index in [4.69, 9.17) is 0 Å². The second-order valence-corrected chi connectivity index (χ2v) is 13.3. The van der Waals surface area contributed by atoms with Crippen molar-refractivity contribution in [3.8, 4) is 0 Å². The lowest BCUT2D eigenvalue weighted by Gasteiger charge is -2.31. The molecule has 0 N–H and O–H groups in total. The number of hydrogen-bond acceptors (Lipinski definition) is 2. The highest BCUT2D eigenvalue weighted by atomic mass is 79.9. The molecule has 2 fully saturated rings. The van der Waals surface area contributed by atoms with Gasteiger partial charge in [0, 0.05) is 18.6 Å². The third-order valence-electron chi connectivity index (χ3n) is 7.15. The second-order valence-electron chi connectivity index (χ2n) is 10.2. The Labute approximate surface area is 209 Å². The standard InChI is InChI=1S/C26H52NS2.BrH/c1-3-4-5-6-7-8-9-10-11-12-13-14-15-16-17-20-26-28-24-25(29-26)23-27(2)21-18-19-22-27;/h25-26H,3-24H2,1-2H3;1H/q+1;/p-1. The number of rotatable bonds is 18. The lowest BCUT2D eigenvalue weighted by Crippen LogP contribution is -3.00. The molecule has 0 radical (unpaired) electrons. The van der Waals surface area contributed by atoms with Gasteiger partial charge in [0.2, 0.25) is 0 Å². The van der Waals surface area contributed by atoms with Gasteiger partial charge >= 0.3 is 0 Å². The van der Waals surface area contributed by atoms with E-state index in [1.54, 1.807) is 0 Å². The highest BCUT2D eigenvalue weighted by Gasteiger charge is 2.34. The summed E-state index contributed by atoms with van der Waals surface area (Å²) in [7, 11) is 2.50. The molecule has 0 spiro atoms. The number of hydrogen-bond donors (Lipinski definition) is 0. The van der Waals surface area contributed by atoms with Gasteiger partial charge in [0.05, 0.1) is 36.5 Å². The average molecular weight is 523 g/mol. The Hall–Kier alpha value is 1.14. The maximum Gasteiger partial charge on any atom is 0.0913 e. The van der Waals surface area contributed by atoms with Crippen LogP contribution in [-0.4, -0.2) is 46.7 Å². The van der Waals surface area contributed by atoms with Gasteiger partial charge in [-0.2, -0.15) is 0 Å². The second kappa shape index (κ2) is 18.6. The Morgan fingerprint density at radius 3 is 1.67 bits per heavy atom. The molecule has 0 saturated carbocycles. The van der Waals surface area contributed by atoms with Crippen molar-refractivity contribution >= 4 is 23.5 Å². The van der Waals surface area contributed by atoms with Crippen molar-refractivity contribution in [1.82, 2.24) is 0 Å². The van der Waals surface area contributed by atoms with Crippen LogP contribution >= 0.6 is 23.5 Å². The molecule has 0 aliphatic carbocycles. The van der Waals surface area contributed by atoms with Crippen LogP contribution in [0.2, 0.25) is 0 Å². The topological polar surface area (TPSA) is 0 Å². The monoisotopic (exact) mass is 521 g/mol. The first-order chi connectivity index (χ1) is 14.2. The van der Waals surface area contributed by atoms with E-state index in [2.05, 4.69) is 37.5 Å². The lowest BCUT2D eigenvalue weighted by molar-refractivity contribution is -0.896. The molecule has 0 aromatic heterocycles. The largest absolute Gasteiger partial charge is 1.00 e. The van der Waals surface area contributed by atoms with Crippen LogP contribution in [0.4, 0.5) is 0 Å². The van der Waals surface area contributed by atoms with Crippen LogP contribution in [0.5, 0.6) is 0 Å². The number of likely N-dealkylation sites (tertiary alicyclic amines) is 1. The van der Waals surface area contributed by atoms with Gasteiger partial charge in [0.1, 0.15) is 0 Å². The number of quaternary nitrogens is 1. The fourth-order valence-corrected chi connectivity index (χ4v) is 8.83. The molecule has 1 nitrogen and oxygen atoms in total. The zero-order chi connectivity index (χ0) is 20.6. The number of nitrogens with zero attached hydrogens (tertiary/aromatic N) is 1. The smallest absolute Gasteiger partial charge is 0.0913 e. The van der Waals surface area contributed by atoms with Crippen molar-refractivity contribution in [3.63, 3.8) is 0 Å². The molecule has 2 unspecified atom stereocenters. The molecule has 0 aromatic rings. The third-order valence-corrected chi connectivity index (χ3v) is 10.5. The Morgan fingerprint density at radius 1 is 0.700 bits per heavy atom. The van der Waals surface area contributed by atoms with E-state index in [9.17, 15) is 0 Å². The quantitative estimate of drug-likeness (QED) is 0.168. The van der Waals surface area contributed by atoms with Crippen molar-refractivity contribution in [2.45, 2.75) is 132 Å². The fraction of sp³-hybridized carbons (Fsp3) is 1.00. The van der Waals surface area contributed by atoms with Crippen molar-refractivity contribution in [2.24, 2.45) is 0 Å². The molecule has 2 saturated heterocycles. The van der Waals surface area contributed by atoms with E-state index in [-0.39, 0.29) is 17.0 Å². The minimum absolute atomic E-state index is 0. The Morgan fingerprint density at radius 2 is 1.17 bits per heavy atom. The minimum atomic E-state index is 0. The molecule has 30 heavy (non-hydrogen) atoms. The van der Waals surface area contributed by atoms with Gasteiger partial charge in [-0.05, 0) is 6.42 Å². The molecule has 180 valence electrons. The minimum Gasteiger partial charge on any atom is -1.00 e. The molecular weight excluding hydrogens is 470 g/mol. The van der Waals surface area contributed by atoms with Gasteiger partial charge in [-0.25, -0.2) is 0 Å². The Bertz CT molecular complexity index is 387. The molecule has 2 atom stereocenters. The predicted molar refractivity (Wildman–Crippen MR) is 137 cm³/mol. The Balaban J connectivity index is 0.00000450. The summed E-state index contributed by atoms with van der Waals surface area (Å²) in [6.07, 6.45) is 26.5. The third kappa shape index (κ3) is 13.6. The van der Waals surface area contributed by atoms with Gasteiger partial charge in [-0.1, -0.05) is 103 Å². The first kappa shape index (κ1) is 29.2. The van der Waals surface area contributed by atoms with Crippen molar-refractivity contribution in [1.29, 1.82) is 0 Å². The highest BCUT2D eigenvalue weighted by molar-refractivity contribution is 8.20. The molecule has 2 aliphatic heterocycles. The Kier molecular flexibility index (Phi) is 18.0. The molecule has 2 rings (SSSR count). The van der Waals surface area contributed by atoms with E-state index in [1.165, 1.54) is 145 Å². The molecule has 0 aromatic carbocycles. The summed E-state index contributed by atoms with van der Waals surface area (Å²) >= 11 is 4.60. The lowest BCUT2D eigenvalue weighted by atomic mass is 10.0. The van der Waals surface area contributed by atoms with Crippen LogP contribution in [0.3, 0.4) is 0 Å². The molecule has 2 aliphatic rings. The van der Waals surface area contributed by atoms with Crippen LogP contribution in [0.25, 0.3) is 0 Å². The van der Waals surface area contributed by atoms with Crippen LogP contribution in [0.1, 0.15) is 122 Å². The molecule has 0 bridgehead atoms. The maximum atomic E-state index is 2.50. The van der Waals surface area contributed by atoms with E-state index >= 15 is 0 Å². The van der Waals surface area contributed by atoms with Crippen molar-refractivity contribution in [3.05, 3.63) is 0 Å². The highest BCUT2D eigenvalue weighted by Crippen LogP contribution is 2.42. The van der Waals surface area contributed by atoms with Crippen molar-refractivity contribution < 1.29 is 21.5 Å². The first-order valence-electron chi connectivity index (χ1n) is 13.3. The number of unbranched alkanes of at least 4 members (excludes halogenated alkanes) is 14. The fourth-order valence-electron chi connectivity index (χ4n) is 5.21. The number of thioether (sulfide) groups is 2. The SMILES string of the molecule is CCCCCCCCCCCCCCCCCC1SCC(C[N+]2(C)CCCC2)S1.[Br-]. The summed E-state index contributed by atoms with van der Waals surface area (Å²) in [5, 5.41) is 0.935. The van der Waals surface area contributed by atoms with E-state index in [0.717, 1.165) is 9.83 Å². The van der Waals surface area contributed by atoms with Crippen LogP contribution < -0.4 is 17.0 Å². The first-order valence-corrected chi connectivity index (χ1v) is 15.3. The predicted octanol–water partition coefficient (Wildman–Crippen LogP) is 5.67. The van der Waals surface area contributed by atoms with E-state index in [0.29, 0.717) is 0 Å². The zero-order valence-electron chi connectivity index (χ0n) is 20.4. The van der Waals surface area contributed by atoms with Gasteiger partial charge in [-0.15, -0.1) is 23.5 Å². The van der Waals surface area contributed by atoms with Crippen molar-refractivity contribution in [2.75, 3.05) is 32.4 Å². The van der Waals surface area contributed by atoms with Crippen LogP contribution in [0, 0.1) is 0 Å². The van der Waals surface area contributed by atoms with Gasteiger partial charge in [0.15, 0.2) is 0 Å². The summed E-state index contributed by atoms with van der Waals surface area (Å²) < 4.78 is 2.28. The van der Waals surface area contributed by atoms with Crippen LogP contribution in [-0.2, 0) is 0 Å². The van der Waals surface area contributed by atoms with Crippen LogP contribution in [0.15, 0.2) is 0 Å². The van der Waals surface area contributed by atoms with Gasteiger partial charge in [-0.3, -0.25) is 0 Å². The normalized spacial score (nSPS) is 23.0. The zero-order valence-corrected chi connectivity index (χ0v) is 23.6. The molecule has 2 heterocycles. The average Bonchev–Trinajstić information content (AvgIpc) is 3.34. The molecule has 4 heteroatoms. The van der Waals surface area contributed by atoms with Gasteiger partial charge < -0.3 is 21.5 Å². The summed E-state index contributed by atoms with van der Waals surface area (Å²) in [5.41, 5.74) is 0. The molecule has 0 amide bonds. The summed E-state index contributed by atoms with van der Waals surface area (Å²) in [4.78, 5) is 0. The van der Waals surface area contributed by atoms with Gasteiger partial charge in [0.25, 0.3) is 0 Å². The summed E-state index contributed by atoms with van der Waals surface area (Å²) in [6, 6.07) is 0. The maximum absolute atomic E-state index is 2.50.